The maximum atomic E-state index is 12.1. The number of rotatable bonds is 8. The van der Waals surface area contributed by atoms with E-state index in [0.717, 1.165) is 31.4 Å². The molecule has 4 aromatic carbocycles. The van der Waals surface area contributed by atoms with E-state index in [1.807, 2.05) is 0 Å². The number of benzene rings is 4. The van der Waals surface area contributed by atoms with Gasteiger partial charge in [0, 0.05) is 5.56 Å². The average Bonchev–Trinajstić information content (AvgIpc) is 2.91. The van der Waals surface area contributed by atoms with Crippen molar-refractivity contribution in [2.75, 3.05) is 12.8 Å². The Hall–Kier alpha value is -1.97. The van der Waals surface area contributed by atoms with Gasteiger partial charge in [0.05, 0.1) is 39.6 Å². The molecule has 20 heteroatoms. The molecule has 3 N–H and O–H groups in total. The number of aromatic carboxylic acids is 1. The van der Waals surface area contributed by atoms with Crippen molar-refractivity contribution >= 4 is 65.4 Å². The number of methoxy groups -OCH3 is 1. The molecule has 0 fully saturated rings. The van der Waals surface area contributed by atoms with Crippen molar-refractivity contribution < 1.29 is 134 Å². The van der Waals surface area contributed by atoms with Gasteiger partial charge < -0.3 is 34.6 Å². The molecule has 218 valence electrons. The number of aromatic hydroxyl groups is 1. The summed E-state index contributed by atoms with van der Waals surface area (Å²) in [6, 6.07) is 10.7. The van der Waals surface area contributed by atoms with Crippen LogP contribution in [0.4, 0.5) is 28.4 Å². The number of phenols is 1. The second-order valence-corrected chi connectivity index (χ2v) is 11.3. The molecule has 0 saturated carbocycles. The Morgan fingerprint density at radius 1 is 0.844 bits per heavy atom. The van der Waals surface area contributed by atoms with Gasteiger partial charge in [-0.25, -0.2) is 16.8 Å². The molecule has 0 amide bonds. The largest absolute Gasteiger partial charge is 1.00 e. The van der Waals surface area contributed by atoms with Crippen LogP contribution in [0.1, 0.15) is 15.9 Å². The number of nitrogens with zero attached hydrogens (tertiary/aromatic N) is 4. The summed E-state index contributed by atoms with van der Waals surface area (Å²) >= 11 is 0. The molecule has 0 unspecified atom stereocenters. The fraction of sp³-hybridized carbons (Fsp3) is 0.0800. The van der Waals surface area contributed by atoms with Gasteiger partial charge in [0.15, 0.2) is 5.75 Å². The summed E-state index contributed by atoms with van der Waals surface area (Å²) in [7, 11) is -8.90. The van der Waals surface area contributed by atoms with Crippen LogP contribution in [-0.2, 0) is 20.2 Å². The van der Waals surface area contributed by atoms with Crippen molar-refractivity contribution in [1.82, 2.24) is 0 Å². The van der Waals surface area contributed by atoms with Crippen LogP contribution >= 0.6 is 0 Å². The van der Waals surface area contributed by atoms with Crippen LogP contribution in [0.15, 0.2) is 84.8 Å². The Morgan fingerprint density at radius 3 is 2.02 bits per heavy atom. The van der Waals surface area contributed by atoms with Gasteiger partial charge in [-0.15, -0.1) is 20.5 Å². The van der Waals surface area contributed by atoms with Crippen molar-refractivity contribution in [1.29, 1.82) is 0 Å². The smallest absolute Gasteiger partial charge is 0.744 e. The van der Waals surface area contributed by atoms with E-state index in [9.17, 15) is 40.9 Å². The zero-order valence-corrected chi connectivity index (χ0v) is 32.1. The van der Waals surface area contributed by atoms with E-state index in [0.29, 0.717) is 0 Å². The number of ether oxygens (including phenoxy) is 1. The zero-order valence-electron chi connectivity index (χ0n) is 24.5. The Balaban J connectivity index is 0.00000337. The quantitative estimate of drug-likeness (QED) is 0.0767. The number of azo groups is 2. The number of carboxylic acid groups (broad SMARTS) is 1. The van der Waals surface area contributed by atoms with E-state index in [4.69, 9.17) is 10.5 Å². The van der Waals surface area contributed by atoms with Crippen molar-refractivity contribution in [3.05, 3.63) is 65.7 Å². The molecule has 0 aromatic heterocycles. The molecule has 4 rings (SSSR count). The minimum absolute atomic E-state index is 0. The Labute approximate surface area is 323 Å². The van der Waals surface area contributed by atoms with Crippen LogP contribution in [0.25, 0.3) is 10.8 Å². The van der Waals surface area contributed by atoms with E-state index < -0.39 is 53.1 Å². The number of phenolic OH excluding ortho intramolecular Hbond substituents is 1. The topological polar surface area (TPSA) is 259 Å². The van der Waals surface area contributed by atoms with Crippen LogP contribution in [-0.4, -0.2) is 44.1 Å². The normalized spacial score (nSPS) is 11.6. The van der Waals surface area contributed by atoms with Gasteiger partial charge in [-0.2, -0.15) is 0 Å². The molecule has 0 aliphatic rings. The summed E-state index contributed by atoms with van der Waals surface area (Å²) in [5.74, 6) is -2.32. The van der Waals surface area contributed by atoms with Gasteiger partial charge in [-0.1, -0.05) is 18.2 Å². The van der Waals surface area contributed by atoms with Crippen molar-refractivity contribution in [3.8, 4) is 11.5 Å². The number of hydrogen-bond acceptors (Lipinski definition) is 15. The predicted molar refractivity (Wildman–Crippen MR) is 143 cm³/mol. The summed E-state index contributed by atoms with van der Waals surface area (Å²) in [5, 5.41) is 37.8. The Kier molecular flexibility index (Phi) is 14.8. The number of nitrogens with two attached hydrogens (primary N) is 1. The number of aryl methyl sites for hydroxylation is 1. The van der Waals surface area contributed by atoms with E-state index >= 15 is 0 Å². The van der Waals surface area contributed by atoms with Crippen molar-refractivity contribution in [2.45, 2.75) is 16.7 Å². The molecule has 15 nitrogen and oxygen atoms in total. The summed E-state index contributed by atoms with van der Waals surface area (Å²) in [6.07, 6.45) is 0. The van der Waals surface area contributed by atoms with Crippen molar-refractivity contribution in [3.63, 3.8) is 0 Å². The first-order chi connectivity index (χ1) is 19.6. The number of fused-ring (bicyclic) bond motifs is 1. The van der Waals surface area contributed by atoms with Crippen LogP contribution in [0.3, 0.4) is 0 Å². The Morgan fingerprint density at radius 2 is 1.44 bits per heavy atom. The minimum Gasteiger partial charge on any atom is -0.744 e. The summed E-state index contributed by atoms with van der Waals surface area (Å²) in [5.41, 5.74) is 4.65. The van der Waals surface area contributed by atoms with E-state index in [1.54, 1.807) is 0 Å². The molecule has 0 heterocycles. The van der Waals surface area contributed by atoms with E-state index in [1.165, 1.54) is 37.3 Å². The van der Waals surface area contributed by atoms with Gasteiger partial charge in [0.1, 0.15) is 43.0 Å². The van der Waals surface area contributed by atoms with Crippen molar-refractivity contribution in [2.24, 2.45) is 20.5 Å². The molecule has 45 heavy (non-hydrogen) atoms. The maximum absolute atomic E-state index is 12.1. The molecule has 4 aromatic rings. The molecule has 0 atom stereocenters. The SMILES string of the molecule is COc1cc(S(=O)(=O)[O-])ccc1N=Nc1c(S(=O)(=O)[O-])cc2cc(C)c(N=Nc3ccccc3C(=O)[O-])c(O)c2c1N.[Na+].[Na+].[Na+]. The van der Waals surface area contributed by atoms with Gasteiger partial charge in [0.25, 0.3) is 0 Å². The third-order valence-electron chi connectivity index (χ3n) is 5.89. The second kappa shape index (κ2) is 16.2. The number of hydrogen-bond donors (Lipinski definition) is 2. The maximum Gasteiger partial charge on any atom is 1.00 e. The van der Waals surface area contributed by atoms with Crippen LogP contribution in [0, 0.1) is 6.92 Å². The number of carbonyl (C=O) groups is 1. The predicted octanol–water partition coefficient (Wildman–Crippen LogP) is -5.54. The van der Waals surface area contributed by atoms with Crippen LogP contribution in [0.5, 0.6) is 11.5 Å². The molecule has 0 aliphatic heterocycles. The molecule has 0 radical (unpaired) electrons. The second-order valence-electron chi connectivity index (χ2n) is 8.57. The first kappa shape index (κ1) is 41.1. The van der Waals surface area contributed by atoms with E-state index in [-0.39, 0.29) is 133 Å². The zero-order chi connectivity index (χ0) is 31.0. The number of carboxylic acids is 1. The van der Waals surface area contributed by atoms with Crippen LogP contribution < -0.4 is 104 Å². The summed E-state index contributed by atoms with van der Waals surface area (Å²) < 4.78 is 75.4. The molecule has 0 spiro atoms. The Bertz CT molecular complexity index is 2060. The molecule has 0 bridgehead atoms. The average molecular weight is 682 g/mol. The van der Waals surface area contributed by atoms with Gasteiger partial charge in [-0.3, -0.25) is 0 Å². The fourth-order valence-corrected chi connectivity index (χ4v) is 5.08. The summed E-state index contributed by atoms with van der Waals surface area (Å²) in [4.78, 5) is 9.87. The summed E-state index contributed by atoms with van der Waals surface area (Å²) in [6.45, 7) is 1.49. The van der Waals surface area contributed by atoms with Gasteiger partial charge in [0.2, 0.25) is 0 Å². The number of carbonyl (C=O) groups excluding carboxylic acids is 1. The number of nitrogen functional groups attached to an aromatic ring is 1. The third kappa shape index (κ3) is 9.10. The first-order valence-corrected chi connectivity index (χ1v) is 14.3. The molecule has 0 saturated heterocycles. The number of anilines is 1. The minimum atomic E-state index is -5.21. The monoisotopic (exact) mass is 681 g/mol. The van der Waals surface area contributed by atoms with Crippen LogP contribution in [0.2, 0.25) is 0 Å². The van der Waals surface area contributed by atoms with Gasteiger partial charge >= 0.3 is 88.7 Å². The standard InChI is InChI=1S/C25H21N5O10S2.3Na/c1-12-9-13-10-19(42(37,38)39)23(30-28-17-8-7-14(41(34,35)36)11-18(17)40-2)21(26)20(13)24(31)22(12)29-27-16-6-4-3-5-15(16)25(32)33;;;/h3-11,31H,26H2,1-2H3,(H,32,33)(H,34,35,36)(H,37,38,39);;;/q;3*+1/p-3. The third-order valence-corrected chi connectivity index (χ3v) is 7.57. The molecule has 0 aliphatic carbocycles. The van der Waals surface area contributed by atoms with E-state index in [2.05, 4.69) is 20.5 Å². The molecular weight excluding hydrogens is 663 g/mol. The first-order valence-electron chi connectivity index (χ1n) is 11.5. The van der Waals surface area contributed by atoms with Gasteiger partial charge in [-0.05, 0) is 54.3 Å². The fourth-order valence-electron chi connectivity index (χ4n) is 3.93. The molecular formula is C25H18N5Na3O10S2.